The number of primary amides is 1. The van der Waals surface area contributed by atoms with Gasteiger partial charge in [0, 0.05) is 36.9 Å². The average molecular weight is 507 g/mol. The number of Topliss-reactive ketones (excluding diaryl/α,β-unsaturated/α-hetero) is 1. The van der Waals surface area contributed by atoms with Crippen LogP contribution in [0, 0.1) is 0 Å². The lowest BCUT2D eigenvalue weighted by Crippen LogP contribution is -2.37. The van der Waals surface area contributed by atoms with Gasteiger partial charge in [-0.05, 0) is 37.3 Å². The van der Waals surface area contributed by atoms with Crippen LogP contribution in [0.2, 0.25) is 0 Å². The fourth-order valence-corrected chi connectivity index (χ4v) is 4.58. The van der Waals surface area contributed by atoms with Crippen molar-refractivity contribution in [3.05, 3.63) is 65.2 Å². The number of carbonyl (C=O) groups is 3. The summed E-state index contributed by atoms with van der Waals surface area (Å²) >= 11 is 0. The minimum absolute atomic E-state index is 0.0885. The molecule has 1 atom stereocenters. The highest BCUT2D eigenvalue weighted by Gasteiger charge is 2.28. The molecule has 1 unspecified atom stereocenters. The molecule has 2 amide bonds. The van der Waals surface area contributed by atoms with E-state index in [4.69, 9.17) is 23.0 Å². The number of hydrazine groups is 1. The Bertz CT molecular complexity index is 1160. The Balaban J connectivity index is 1.96. The summed E-state index contributed by atoms with van der Waals surface area (Å²) in [5.41, 5.74) is 22.0. The molecular weight excluding hydrogens is 468 g/mol. The van der Waals surface area contributed by atoms with Crippen LogP contribution in [0.15, 0.2) is 48.5 Å². The van der Waals surface area contributed by atoms with Crippen molar-refractivity contribution in [2.45, 2.75) is 64.5 Å². The van der Waals surface area contributed by atoms with Gasteiger partial charge in [0.15, 0.2) is 0 Å². The third kappa shape index (κ3) is 6.96. The van der Waals surface area contributed by atoms with Crippen molar-refractivity contribution >= 4 is 34.7 Å². The van der Waals surface area contributed by atoms with Crippen LogP contribution in [0.5, 0.6) is 0 Å². The third-order valence-electron chi connectivity index (χ3n) is 6.61. The zero-order valence-corrected chi connectivity index (χ0v) is 21.5. The SMILES string of the molecule is CCCC(=O)CCC(=O)N1Cc2ccccc2/C(N)=C(/N(N)CCCCC(N)C(N)=O)c2ccccc21. The van der Waals surface area contributed by atoms with Crippen molar-refractivity contribution in [3.8, 4) is 0 Å². The minimum Gasteiger partial charge on any atom is -0.396 e. The second-order valence-electron chi connectivity index (χ2n) is 9.40. The van der Waals surface area contributed by atoms with E-state index >= 15 is 0 Å². The monoisotopic (exact) mass is 506 g/mol. The van der Waals surface area contributed by atoms with Gasteiger partial charge < -0.3 is 27.1 Å². The number of fused-ring (bicyclic) bond motifs is 2. The van der Waals surface area contributed by atoms with Gasteiger partial charge >= 0.3 is 0 Å². The summed E-state index contributed by atoms with van der Waals surface area (Å²) in [6.07, 6.45) is 3.39. The molecule has 198 valence electrons. The molecule has 8 N–H and O–H groups in total. The van der Waals surface area contributed by atoms with E-state index in [-0.39, 0.29) is 24.5 Å². The Morgan fingerprint density at radius 3 is 2.35 bits per heavy atom. The number of hydrogen-bond acceptors (Lipinski definition) is 7. The summed E-state index contributed by atoms with van der Waals surface area (Å²) in [6.45, 7) is 2.74. The molecule has 0 aromatic heterocycles. The molecule has 9 heteroatoms. The van der Waals surface area contributed by atoms with E-state index in [1.54, 1.807) is 9.91 Å². The summed E-state index contributed by atoms with van der Waals surface area (Å²) in [7, 11) is 0. The average Bonchev–Trinajstić information content (AvgIpc) is 2.88. The smallest absolute Gasteiger partial charge is 0.234 e. The molecule has 1 heterocycles. The van der Waals surface area contributed by atoms with Crippen LogP contribution in [0.3, 0.4) is 0 Å². The van der Waals surface area contributed by atoms with E-state index < -0.39 is 11.9 Å². The Kier molecular flexibility index (Phi) is 9.82. The number of carbonyl (C=O) groups excluding carboxylic acids is 3. The summed E-state index contributed by atoms with van der Waals surface area (Å²) < 4.78 is 0. The van der Waals surface area contributed by atoms with Gasteiger partial charge in [0.25, 0.3) is 0 Å². The fourth-order valence-electron chi connectivity index (χ4n) is 4.58. The van der Waals surface area contributed by atoms with Crippen molar-refractivity contribution < 1.29 is 14.4 Å². The second kappa shape index (κ2) is 13.0. The van der Waals surface area contributed by atoms with Crippen LogP contribution in [-0.2, 0) is 20.9 Å². The molecule has 37 heavy (non-hydrogen) atoms. The van der Waals surface area contributed by atoms with Gasteiger partial charge in [0.05, 0.1) is 29.7 Å². The fraction of sp³-hybridized carbons (Fsp3) is 0.393. The van der Waals surface area contributed by atoms with Gasteiger partial charge in [-0.2, -0.15) is 0 Å². The number of benzene rings is 2. The number of para-hydroxylation sites is 1. The first-order valence-corrected chi connectivity index (χ1v) is 12.8. The van der Waals surface area contributed by atoms with Gasteiger partial charge in [-0.3, -0.25) is 14.4 Å². The lowest BCUT2D eigenvalue weighted by atomic mass is 9.95. The lowest BCUT2D eigenvalue weighted by molar-refractivity contribution is -0.124. The molecule has 0 spiro atoms. The highest BCUT2D eigenvalue weighted by atomic mass is 16.2. The summed E-state index contributed by atoms with van der Waals surface area (Å²) in [4.78, 5) is 38.6. The summed E-state index contributed by atoms with van der Waals surface area (Å²) in [5.74, 6) is 6.02. The molecule has 9 nitrogen and oxygen atoms in total. The molecule has 3 rings (SSSR count). The number of nitrogens with zero attached hydrogens (tertiary/aromatic N) is 2. The molecule has 2 aromatic carbocycles. The molecule has 0 radical (unpaired) electrons. The first-order chi connectivity index (χ1) is 17.7. The maximum atomic E-state index is 13.5. The molecule has 2 aromatic rings. The normalized spacial score (nSPS) is 15.7. The summed E-state index contributed by atoms with van der Waals surface area (Å²) in [5, 5.41) is 1.60. The van der Waals surface area contributed by atoms with Gasteiger partial charge in [-0.1, -0.05) is 49.4 Å². The molecule has 0 saturated heterocycles. The molecule has 1 aliphatic rings. The van der Waals surface area contributed by atoms with Crippen molar-refractivity contribution in [2.24, 2.45) is 23.0 Å². The van der Waals surface area contributed by atoms with Crippen LogP contribution < -0.4 is 27.9 Å². The molecule has 1 aliphatic heterocycles. The van der Waals surface area contributed by atoms with Crippen molar-refractivity contribution in [3.63, 3.8) is 0 Å². The molecular formula is C28H38N6O3. The van der Waals surface area contributed by atoms with E-state index in [1.165, 1.54) is 0 Å². The van der Waals surface area contributed by atoms with Crippen LogP contribution in [0.1, 0.15) is 68.6 Å². The van der Waals surface area contributed by atoms with Gasteiger partial charge in [-0.25, -0.2) is 5.84 Å². The van der Waals surface area contributed by atoms with Gasteiger partial charge in [0.1, 0.15) is 5.78 Å². The maximum Gasteiger partial charge on any atom is 0.234 e. The number of nitrogens with two attached hydrogens (primary N) is 4. The topological polar surface area (TPSA) is 162 Å². The van der Waals surface area contributed by atoms with E-state index in [9.17, 15) is 14.4 Å². The minimum atomic E-state index is -0.687. The van der Waals surface area contributed by atoms with Gasteiger partial charge in [0.2, 0.25) is 11.8 Å². The number of unbranched alkanes of at least 4 members (excludes halogenated alkanes) is 1. The largest absolute Gasteiger partial charge is 0.396 e. The highest BCUT2D eigenvalue weighted by molar-refractivity contribution is 6.02. The van der Waals surface area contributed by atoms with Crippen LogP contribution in [-0.4, -0.2) is 35.2 Å². The van der Waals surface area contributed by atoms with Crippen molar-refractivity contribution in [1.29, 1.82) is 0 Å². The first kappa shape index (κ1) is 27.9. The third-order valence-corrected chi connectivity index (χ3v) is 6.61. The maximum absolute atomic E-state index is 13.5. The number of rotatable bonds is 12. The van der Waals surface area contributed by atoms with Crippen molar-refractivity contribution in [1.82, 2.24) is 5.01 Å². The standard InChI is InChI=1S/C28H38N6O3/c1-2-9-20(35)15-16-25(36)33-18-19-10-3-4-11-21(19)26(30)27(22-12-5-6-14-24(22)33)34(32)17-8-7-13-23(29)28(31)37/h3-6,10-12,14,23H,2,7-9,13,15-18,29-30,32H2,1H3,(H2,31,37)/b27-26-. The van der Waals surface area contributed by atoms with E-state index in [1.807, 2.05) is 55.5 Å². The predicted octanol–water partition coefficient (Wildman–Crippen LogP) is 2.63. The number of amides is 2. The van der Waals surface area contributed by atoms with E-state index in [0.717, 1.165) is 23.1 Å². The molecule has 0 bridgehead atoms. The summed E-state index contributed by atoms with van der Waals surface area (Å²) in [6, 6.07) is 14.5. The number of anilines is 1. The van der Waals surface area contributed by atoms with Crippen LogP contribution in [0.25, 0.3) is 11.4 Å². The first-order valence-electron chi connectivity index (χ1n) is 12.8. The lowest BCUT2D eigenvalue weighted by Gasteiger charge is -2.33. The zero-order chi connectivity index (χ0) is 26.9. The molecule has 0 aliphatic carbocycles. The van der Waals surface area contributed by atoms with Crippen molar-refractivity contribution in [2.75, 3.05) is 11.4 Å². The quantitative estimate of drug-likeness (QED) is 0.195. The van der Waals surface area contributed by atoms with Crippen LogP contribution in [0.4, 0.5) is 5.69 Å². The second-order valence-corrected chi connectivity index (χ2v) is 9.40. The highest BCUT2D eigenvalue weighted by Crippen LogP contribution is 2.37. The Hall–Kier alpha value is -3.69. The van der Waals surface area contributed by atoms with Crippen LogP contribution >= 0.6 is 0 Å². The number of ketones is 1. The zero-order valence-electron chi connectivity index (χ0n) is 21.5. The van der Waals surface area contributed by atoms with Gasteiger partial charge in [-0.15, -0.1) is 0 Å². The predicted molar refractivity (Wildman–Crippen MR) is 146 cm³/mol. The van der Waals surface area contributed by atoms with E-state index in [2.05, 4.69) is 0 Å². The molecule has 0 fully saturated rings. The Morgan fingerprint density at radius 1 is 0.973 bits per heavy atom. The molecule has 0 saturated carbocycles. The number of hydrogen-bond donors (Lipinski definition) is 4. The Labute approximate surface area is 218 Å². The van der Waals surface area contributed by atoms with E-state index in [0.29, 0.717) is 55.9 Å². The Morgan fingerprint density at radius 2 is 1.65 bits per heavy atom.